The molecule has 0 radical (unpaired) electrons. The highest BCUT2D eigenvalue weighted by atomic mass is 16.6. The van der Waals surface area contributed by atoms with Gasteiger partial charge in [-0.15, -0.1) is 0 Å². The lowest BCUT2D eigenvalue weighted by Crippen LogP contribution is -2.49. The molecule has 1 aromatic rings. The molecule has 0 bridgehead atoms. The van der Waals surface area contributed by atoms with Gasteiger partial charge in [0, 0.05) is 29.9 Å². The number of nitro benzene ring substituents is 1. The largest absolute Gasteiger partial charge is 0.394 e. The van der Waals surface area contributed by atoms with Crippen molar-refractivity contribution >= 4 is 11.4 Å². The highest BCUT2D eigenvalue weighted by Gasteiger charge is 2.26. The van der Waals surface area contributed by atoms with Crippen LogP contribution in [0.4, 0.5) is 11.4 Å². The van der Waals surface area contributed by atoms with E-state index >= 15 is 0 Å². The Morgan fingerprint density at radius 2 is 2.32 bits per heavy atom. The van der Waals surface area contributed by atoms with E-state index in [1.54, 1.807) is 13.0 Å². The van der Waals surface area contributed by atoms with Gasteiger partial charge in [-0.3, -0.25) is 10.1 Å². The lowest BCUT2D eigenvalue weighted by Gasteiger charge is -2.39. The van der Waals surface area contributed by atoms with Gasteiger partial charge in [0.25, 0.3) is 5.69 Å². The summed E-state index contributed by atoms with van der Waals surface area (Å²) in [4.78, 5) is 12.5. The number of ether oxygens (including phenoxy) is 1. The summed E-state index contributed by atoms with van der Waals surface area (Å²) in [6.45, 7) is 4.88. The molecule has 2 rings (SSSR count). The smallest absolute Gasteiger partial charge is 0.272 e. The molecule has 104 valence electrons. The van der Waals surface area contributed by atoms with Crippen LogP contribution in [0.2, 0.25) is 0 Å². The van der Waals surface area contributed by atoms with E-state index in [2.05, 4.69) is 4.90 Å². The maximum absolute atomic E-state index is 10.8. The molecule has 0 amide bonds. The summed E-state index contributed by atoms with van der Waals surface area (Å²) < 4.78 is 5.48. The van der Waals surface area contributed by atoms with Gasteiger partial charge in [0.15, 0.2) is 0 Å². The van der Waals surface area contributed by atoms with Crippen LogP contribution >= 0.6 is 0 Å². The Labute approximate surface area is 111 Å². The van der Waals surface area contributed by atoms with Crippen molar-refractivity contribution in [3.05, 3.63) is 33.9 Å². The van der Waals surface area contributed by atoms with Crippen LogP contribution in [-0.2, 0) is 4.74 Å². The van der Waals surface area contributed by atoms with Crippen LogP contribution in [0.25, 0.3) is 0 Å². The van der Waals surface area contributed by atoms with E-state index in [1.165, 1.54) is 6.07 Å². The highest BCUT2D eigenvalue weighted by molar-refractivity contribution is 5.56. The van der Waals surface area contributed by atoms with Crippen LogP contribution in [0.15, 0.2) is 18.2 Å². The number of hydrogen-bond acceptors (Lipinski definition) is 5. The van der Waals surface area contributed by atoms with E-state index in [9.17, 15) is 15.2 Å². The fourth-order valence-electron chi connectivity index (χ4n) is 2.31. The van der Waals surface area contributed by atoms with Gasteiger partial charge in [0.05, 0.1) is 24.2 Å². The van der Waals surface area contributed by atoms with E-state index in [0.29, 0.717) is 18.7 Å². The number of aryl methyl sites for hydroxylation is 1. The predicted octanol–water partition coefficient (Wildman–Crippen LogP) is 1.49. The number of rotatable bonds is 3. The van der Waals surface area contributed by atoms with Crippen molar-refractivity contribution in [2.75, 3.05) is 24.7 Å². The summed E-state index contributed by atoms with van der Waals surface area (Å²) >= 11 is 0. The van der Waals surface area contributed by atoms with Crippen molar-refractivity contribution < 1.29 is 14.8 Å². The predicted molar refractivity (Wildman–Crippen MR) is 71.5 cm³/mol. The standard InChI is InChI=1S/C13H18N2O4/c1-9-5-11(3-4-13(9)15(17)18)14-6-12(7-16)19-8-10(14)2/h3-5,10,12,16H,6-8H2,1-2H3/t10-,12-/m0/s1. The van der Waals surface area contributed by atoms with E-state index in [0.717, 1.165) is 5.69 Å². The number of aliphatic hydroxyl groups is 1. The zero-order valence-corrected chi connectivity index (χ0v) is 11.1. The Bertz CT molecular complexity index is 478. The molecule has 0 unspecified atom stereocenters. The normalized spacial score (nSPS) is 23.4. The topological polar surface area (TPSA) is 75.8 Å². The second-order valence-electron chi connectivity index (χ2n) is 4.87. The van der Waals surface area contributed by atoms with Crippen LogP contribution in [0.1, 0.15) is 12.5 Å². The number of anilines is 1. The monoisotopic (exact) mass is 266 g/mol. The van der Waals surface area contributed by atoms with E-state index in [1.807, 2.05) is 13.0 Å². The Balaban J connectivity index is 2.25. The summed E-state index contributed by atoms with van der Waals surface area (Å²) in [6.07, 6.45) is -0.202. The van der Waals surface area contributed by atoms with Crippen molar-refractivity contribution in [2.24, 2.45) is 0 Å². The van der Waals surface area contributed by atoms with E-state index in [4.69, 9.17) is 4.74 Å². The minimum atomic E-state index is -0.377. The number of nitrogens with zero attached hydrogens (tertiary/aromatic N) is 2. The molecule has 6 heteroatoms. The zero-order valence-electron chi connectivity index (χ0n) is 11.1. The van der Waals surface area contributed by atoms with Gasteiger partial charge in [-0.2, -0.15) is 0 Å². The zero-order chi connectivity index (χ0) is 14.0. The molecule has 1 aliphatic heterocycles. The van der Waals surface area contributed by atoms with Gasteiger partial charge >= 0.3 is 0 Å². The Hall–Kier alpha value is -1.66. The third kappa shape index (κ3) is 2.85. The number of nitro groups is 1. The van der Waals surface area contributed by atoms with Gasteiger partial charge in [-0.1, -0.05) is 0 Å². The molecule has 0 saturated carbocycles. The van der Waals surface area contributed by atoms with Crippen LogP contribution in [-0.4, -0.2) is 41.9 Å². The molecule has 1 saturated heterocycles. The van der Waals surface area contributed by atoms with Gasteiger partial charge in [0.1, 0.15) is 0 Å². The second kappa shape index (κ2) is 5.54. The molecule has 0 spiro atoms. The number of aliphatic hydroxyl groups excluding tert-OH is 1. The van der Waals surface area contributed by atoms with Crippen molar-refractivity contribution in [3.8, 4) is 0 Å². The van der Waals surface area contributed by atoms with Crippen LogP contribution in [0.5, 0.6) is 0 Å². The van der Waals surface area contributed by atoms with Crippen LogP contribution < -0.4 is 4.90 Å². The third-order valence-corrected chi connectivity index (χ3v) is 3.42. The molecule has 1 N–H and O–H groups in total. The summed E-state index contributed by atoms with van der Waals surface area (Å²) in [5.74, 6) is 0. The van der Waals surface area contributed by atoms with Gasteiger partial charge in [0.2, 0.25) is 0 Å². The number of hydrogen-bond donors (Lipinski definition) is 1. The highest BCUT2D eigenvalue weighted by Crippen LogP contribution is 2.27. The maximum atomic E-state index is 10.8. The van der Waals surface area contributed by atoms with Crippen LogP contribution in [0.3, 0.4) is 0 Å². The average molecular weight is 266 g/mol. The molecule has 0 aromatic heterocycles. The van der Waals surface area contributed by atoms with Gasteiger partial charge < -0.3 is 14.7 Å². The number of benzene rings is 1. The summed E-state index contributed by atoms with van der Waals surface area (Å²) in [7, 11) is 0. The summed E-state index contributed by atoms with van der Waals surface area (Å²) in [6, 6.07) is 5.28. The minimum absolute atomic E-state index is 0.0187. The number of morpholine rings is 1. The third-order valence-electron chi connectivity index (χ3n) is 3.42. The van der Waals surface area contributed by atoms with E-state index in [-0.39, 0.29) is 29.4 Å². The lowest BCUT2D eigenvalue weighted by molar-refractivity contribution is -0.385. The van der Waals surface area contributed by atoms with Crippen molar-refractivity contribution in [3.63, 3.8) is 0 Å². The first kappa shape index (κ1) is 13.8. The second-order valence-corrected chi connectivity index (χ2v) is 4.87. The summed E-state index contributed by atoms with van der Waals surface area (Å²) in [5.41, 5.74) is 1.70. The molecule has 6 nitrogen and oxygen atoms in total. The van der Waals surface area contributed by atoms with Gasteiger partial charge in [-0.05, 0) is 26.0 Å². The molecule has 19 heavy (non-hydrogen) atoms. The quantitative estimate of drug-likeness (QED) is 0.662. The van der Waals surface area contributed by atoms with Crippen molar-refractivity contribution in [1.29, 1.82) is 0 Å². The molecular formula is C13H18N2O4. The fourth-order valence-corrected chi connectivity index (χ4v) is 2.31. The fraction of sp³-hybridized carbons (Fsp3) is 0.538. The van der Waals surface area contributed by atoms with Crippen LogP contribution in [0, 0.1) is 17.0 Å². The average Bonchev–Trinajstić information content (AvgIpc) is 2.38. The Morgan fingerprint density at radius 3 is 2.89 bits per heavy atom. The molecule has 1 heterocycles. The first-order valence-electron chi connectivity index (χ1n) is 6.27. The first-order valence-corrected chi connectivity index (χ1v) is 6.27. The Kier molecular flexibility index (Phi) is 4.01. The molecule has 1 fully saturated rings. The molecular weight excluding hydrogens is 248 g/mol. The Morgan fingerprint density at radius 1 is 1.58 bits per heavy atom. The van der Waals surface area contributed by atoms with Gasteiger partial charge in [-0.25, -0.2) is 0 Å². The first-order chi connectivity index (χ1) is 9.02. The van der Waals surface area contributed by atoms with Crippen molar-refractivity contribution in [2.45, 2.75) is 26.0 Å². The molecule has 0 aliphatic carbocycles. The lowest BCUT2D eigenvalue weighted by atomic mass is 10.1. The minimum Gasteiger partial charge on any atom is -0.394 e. The molecule has 2 atom stereocenters. The maximum Gasteiger partial charge on any atom is 0.272 e. The van der Waals surface area contributed by atoms with E-state index < -0.39 is 0 Å². The summed E-state index contributed by atoms with van der Waals surface area (Å²) in [5, 5.41) is 20.0. The molecule has 1 aromatic carbocycles. The molecule has 1 aliphatic rings. The SMILES string of the molecule is Cc1cc(N2C[C@@H](CO)OC[C@@H]2C)ccc1[N+](=O)[O-]. The van der Waals surface area contributed by atoms with Crippen molar-refractivity contribution in [1.82, 2.24) is 0 Å².